The maximum absolute atomic E-state index is 13.4. The van der Waals surface area contributed by atoms with Crippen molar-refractivity contribution in [3.63, 3.8) is 0 Å². The zero-order valence-corrected chi connectivity index (χ0v) is 13.6. The molecular formula is C21H18FNO2. The molecule has 11 atom stereocenters. The minimum Gasteiger partial charge on any atom is -0.352 e. The highest BCUT2D eigenvalue weighted by Crippen LogP contribution is 2.92. The molecule has 11 unspecified atom stereocenters. The smallest absolute Gasteiger partial charge is 0.227 e. The number of carbonyl (C=O) groups excluding carboxylic acids is 2. The summed E-state index contributed by atoms with van der Waals surface area (Å²) in [7, 11) is 0. The lowest BCUT2D eigenvalue weighted by Gasteiger charge is -2.70. The summed E-state index contributed by atoms with van der Waals surface area (Å²) in [6, 6.07) is 5.28. The van der Waals surface area contributed by atoms with Crippen molar-refractivity contribution in [1.82, 2.24) is 5.32 Å². The van der Waals surface area contributed by atoms with Crippen LogP contribution < -0.4 is 5.32 Å². The monoisotopic (exact) mass is 335 g/mol. The molecule has 1 amide bonds. The summed E-state index contributed by atoms with van der Waals surface area (Å²) in [5.41, 5.74) is 2.03. The molecule has 7 fully saturated rings. The van der Waals surface area contributed by atoms with Crippen molar-refractivity contribution in [1.29, 1.82) is 0 Å². The summed E-state index contributed by atoms with van der Waals surface area (Å²) in [6.07, 6.45) is 2.09. The van der Waals surface area contributed by atoms with Gasteiger partial charge in [-0.05, 0) is 71.6 Å². The van der Waals surface area contributed by atoms with Crippen LogP contribution in [0.1, 0.15) is 23.5 Å². The molecule has 9 rings (SSSR count). The summed E-state index contributed by atoms with van der Waals surface area (Å²) >= 11 is 0. The van der Waals surface area contributed by atoms with Gasteiger partial charge >= 0.3 is 0 Å². The fourth-order valence-electron chi connectivity index (χ4n) is 9.27. The maximum Gasteiger partial charge on any atom is 0.227 e. The molecule has 8 aliphatic rings. The van der Waals surface area contributed by atoms with Crippen LogP contribution in [0.4, 0.5) is 4.39 Å². The van der Waals surface area contributed by atoms with E-state index in [0.29, 0.717) is 47.2 Å². The Morgan fingerprint density at radius 1 is 1.16 bits per heavy atom. The molecule has 8 aliphatic carbocycles. The van der Waals surface area contributed by atoms with Gasteiger partial charge < -0.3 is 5.32 Å². The lowest BCUT2D eigenvalue weighted by atomic mass is 9.31. The summed E-state index contributed by atoms with van der Waals surface area (Å²) in [6.45, 7) is 0. The third-order valence-electron chi connectivity index (χ3n) is 9.64. The van der Waals surface area contributed by atoms with Gasteiger partial charge in [-0.15, -0.1) is 0 Å². The molecule has 126 valence electrons. The fourth-order valence-corrected chi connectivity index (χ4v) is 9.27. The van der Waals surface area contributed by atoms with Crippen molar-refractivity contribution in [2.24, 2.45) is 52.8 Å². The number of amides is 1. The van der Waals surface area contributed by atoms with E-state index in [1.807, 2.05) is 6.07 Å². The van der Waals surface area contributed by atoms with E-state index in [4.69, 9.17) is 0 Å². The van der Waals surface area contributed by atoms with E-state index in [9.17, 15) is 14.0 Å². The number of hydrogen-bond acceptors (Lipinski definition) is 2. The number of fused-ring (bicyclic) bond motifs is 3. The first-order valence-electron chi connectivity index (χ1n) is 9.77. The zero-order valence-electron chi connectivity index (χ0n) is 13.6. The van der Waals surface area contributed by atoms with E-state index in [2.05, 4.69) is 5.32 Å². The highest BCUT2D eigenvalue weighted by Gasteiger charge is 2.96. The summed E-state index contributed by atoms with van der Waals surface area (Å²) < 4.78 is 13.4. The van der Waals surface area contributed by atoms with E-state index < -0.39 is 0 Å². The molecule has 0 aromatic heterocycles. The van der Waals surface area contributed by atoms with Gasteiger partial charge in [0.2, 0.25) is 5.91 Å². The predicted molar refractivity (Wildman–Crippen MR) is 84.8 cm³/mol. The van der Waals surface area contributed by atoms with Gasteiger partial charge in [-0.1, -0.05) is 6.07 Å². The van der Waals surface area contributed by atoms with E-state index in [-0.39, 0.29) is 35.0 Å². The van der Waals surface area contributed by atoms with Gasteiger partial charge in [-0.3, -0.25) is 9.59 Å². The van der Waals surface area contributed by atoms with E-state index in [1.165, 1.54) is 18.1 Å². The number of nitrogens with one attached hydrogen (secondary N) is 1. The van der Waals surface area contributed by atoms with Crippen molar-refractivity contribution in [3.05, 3.63) is 35.1 Å². The Bertz CT molecular complexity index is 942. The maximum atomic E-state index is 13.4. The van der Waals surface area contributed by atoms with Gasteiger partial charge in [0, 0.05) is 23.8 Å². The average Bonchev–Trinajstić information content (AvgIpc) is 2.82. The van der Waals surface area contributed by atoms with Gasteiger partial charge in [0.05, 0.1) is 5.41 Å². The lowest BCUT2D eigenvalue weighted by molar-refractivity contribution is -0.248. The van der Waals surface area contributed by atoms with Crippen LogP contribution in [-0.4, -0.2) is 17.7 Å². The molecule has 0 saturated heterocycles. The number of ketones is 1. The summed E-state index contributed by atoms with van der Waals surface area (Å²) in [4.78, 5) is 25.9. The van der Waals surface area contributed by atoms with Crippen LogP contribution in [-0.2, 0) is 16.0 Å². The van der Waals surface area contributed by atoms with E-state index in [0.717, 1.165) is 12.0 Å². The number of benzene rings is 1. The van der Waals surface area contributed by atoms with Crippen molar-refractivity contribution < 1.29 is 14.0 Å². The SMILES string of the molecule is O=C1C2C3CC4C2C2(C(=O)NC5C6Cc7cc(F)ccc7C65)C1C3C42. The molecule has 0 radical (unpaired) electrons. The van der Waals surface area contributed by atoms with E-state index in [1.54, 1.807) is 6.07 Å². The van der Waals surface area contributed by atoms with Gasteiger partial charge in [-0.25, -0.2) is 4.39 Å². The molecule has 0 aliphatic heterocycles. The molecule has 1 N–H and O–H groups in total. The molecule has 0 spiro atoms. The Kier molecular flexibility index (Phi) is 1.67. The molecule has 1 aromatic rings. The first-order valence-corrected chi connectivity index (χ1v) is 9.77. The minimum atomic E-state index is -0.299. The molecule has 3 nitrogen and oxygen atoms in total. The van der Waals surface area contributed by atoms with Crippen molar-refractivity contribution >= 4 is 11.7 Å². The second-order valence-electron chi connectivity index (χ2n) is 9.77. The number of carbonyl (C=O) groups is 2. The van der Waals surface area contributed by atoms with Crippen molar-refractivity contribution in [3.8, 4) is 0 Å². The van der Waals surface area contributed by atoms with E-state index >= 15 is 0 Å². The zero-order chi connectivity index (χ0) is 16.4. The number of hydrogen-bond donors (Lipinski definition) is 1. The molecule has 4 bridgehead atoms. The first-order chi connectivity index (χ1) is 12.1. The second-order valence-corrected chi connectivity index (χ2v) is 9.77. The molecule has 25 heavy (non-hydrogen) atoms. The Labute approximate surface area is 144 Å². The number of halogens is 1. The van der Waals surface area contributed by atoms with Crippen LogP contribution in [0.3, 0.4) is 0 Å². The topological polar surface area (TPSA) is 46.2 Å². The van der Waals surface area contributed by atoms with Crippen molar-refractivity contribution in [2.75, 3.05) is 0 Å². The Morgan fingerprint density at radius 3 is 2.88 bits per heavy atom. The predicted octanol–water partition coefficient (Wildman–Crippen LogP) is 1.91. The lowest BCUT2D eigenvalue weighted by Crippen LogP contribution is -2.75. The Hall–Kier alpha value is -1.71. The van der Waals surface area contributed by atoms with Crippen LogP contribution in [0, 0.1) is 58.6 Å². The average molecular weight is 335 g/mol. The van der Waals surface area contributed by atoms with Gasteiger partial charge in [0.15, 0.2) is 0 Å². The molecule has 7 saturated carbocycles. The number of Topliss-reactive ketones (excluding diaryl/α,β-unsaturated/α-hetero) is 1. The largest absolute Gasteiger partial charge is 0.352 e. The fraction of sp³-hybridized carbons (Fsp3) is 0.619. The normalized spacial score (nSPS) is 58.7. The minimum absolute atomic E-state index is 0.0659. The quantitative estimate of drug-likeness (QED) is 0.897. The highest BCUT2D eigenvalue weighted by atomic mass is 19.1. The van der Waals surface area contributed by atoms with Crippen LogP contribution in [0.25, 0.3) is 0 Å². The van der Waals surface area contributed by atoms with Gasteiger partial charge in [0.1, 0.15) is 11.6 Å². The van der Waals surface area contributed by atoms with Crippen LogP contribution in [0.5, 0.6) is 0 Å². The Morgan fingerprint density at radius 2 is 2.04 bits per heavy atom. The molecule has 0 heterocycles. The number of rotatable bonds is 2. The van der Waals surface area contributed by atoms with Crippen molar-refractivity contribution in [2.45, 2.75) is 24.8 Å². The van der Waals surface area contributed by atoms with Crippen LogP contribution >= 0.6 is 0 Å². The van der Waals surface area contributed by atoms with Crippen LogP contribution in [0.2, 0.25) is 0 Å². The first kappa shape index (κ1) is 12.6. The molecule has 4 heteroatoms. The molecular weight excluding hydrogens is 317 g/mol. The summed E-state index contributed by atoms with van der Waals surface area (Å²) in [5.74, 6) is 4.33. The molecule has 1 aromatic carbocycles. The standard InChI is InChI=1S/C21H18FNO2/c22-7-1-2-8-6(3-7)4-10-12(8)18(10)23-20(25)21-15-11-5-9-13(15)17(21)19(24)14(9)16(11)21/h1-3,9-18H,4-5H2,(H,23,25). The van der Waals surface area contributed by atoms with Crippen LogP contribution in [0.15, 0.2) is 18.2 Å². The van der Waals surface area contributed by atoms with Gasteiger partial charge in [0.25, 0.3) is 0 Å². The third kappa shape index (κ3) is 0.969. The second kappa shape index (κ2) is 3.30. The summed E-state index contributed by atoms with van der Waals surface area (Å²) in [5, 5.41) is 3.35. The Balaban J connectivity index is 1.10. The highest BCUT2D eigenvalue weighted by molar-refractivity contribution is 6.04. The van der Waals surface area contributed by atoms with Gasteiger partial charge in [-0.2, -0.15) is 0 Å². The third-order valence-corrected chi connectivity index (χ3v) is 9.64.